The monoisotopic (exact) mass is 411 g/mol. The summed E-state index contributed by atoms with van der Waals surface area (Å²) in [5.74, 6) is 0.860. The zero-order valence-electron chi connectivity index (χ0n) is 17.5. The van der Waals surface area contributed by atoms with E-state index in [1.54, 1.807) is 0 Å². The Kier molecular flexibility index (Phi) is 4.51. The molecule has 3 aromatic carbocycles. The zero-order valence-corrected chi connectivity index (χ0v) is 17.5. The van der Waals surface area contributed by atoms with Crippen LogP contribution in [-0.4, -0.2) is 4.98 Å². The van der Waals surface area contributed by atoms with Gasteiger partial charge in [-0.15, -0.1) is 6.07 Å². The summed E-state index contributed by atoms with van der Waals surface area (Å²) in [5.41, 5.74) is 7.68. The van der Waals surface area contributed by atoms with Crippen molar-refractivity contribution in [3.8, 4) is 16.9 Å². The largest absolute Gasteiger partial charge is 0.307 e. The minimum Gasteiger partial charge on any atom is -0.307 e. The second kappa shape index (κ2) is 7.78. The number of rotatable bonds is 1. The molecule has 1 aliphatic rings. The summed E-state index contributed by atoms with van der Waals surface area (Å²) in [7, 11) is 0. The maximum atomic E-state index is 5.07. The predicted molar refractivity (Wildman–Crippen MR) is 128 cm³/mol. The molecule has 0 amide bonds. The van der Waals surface area contributed by atoms with E-state index in [4.69, 9.17) is 4.98 Å². The molecule has 0 aliphatic carbocycles. The lowest BCUT2D eigenvalue weighted by Gasteiger charge is -2.26. The molecular formula is C29H21N3. The highest BCUT2D eigenvalue weighted by atomic mass is 15.2. The SMILES string of the molecule is [c-]1c2ccc[n+]1-c1cccc(c1)Cc1cccc(c1)-c1cccc(n1)N2c1ccccc1. The summed E-state index contributed by atoms with van der Waals surface area (Å²) in [6, 6.07) is 38.0. The third kappa shape index (κ3) is 3.44. The van der Waals surface area contributed by atoms with Crippen molar-refractivity contribution in [1.29, 1.82) is 0 Å². The van der Waals surface area contributed by atoms with Crippen LogP contribution in [0.1, 0.15) is 11.1 Å². The maximum absolute atomic E-state index is 5.07. The van der Waals surface area contributed by atoms with Crippen LogP contribution >= 0.6 is 0 Å². The molecule has 1 aliphatic heterocycles. The summed E-state index contributed by atoms with van der Waals surface area (Å²) >= 11 is 0. The molecule has 32 heavy (non-hydrogen) atoms. The smallest absolute Gasteiger partial charge is 0.178 e. The first-order valence-corrected chi connectivity index (χ1v) is 10.8. The second-order valence-electron chi connectivity index (χ2n) is 7.97. The molecule has 2 aromatic heterocycles. The van der Waals surface area contributed by atoms with Gasteiger partial charge < -0.3 is 4.90 Å². The molecule has 8 bridgehead atoms. The van der Waals surface area contributed by atoms with E-state index >= 15 is 0 Å². The Bertz CT molecular complexity index is 1320. The molecule has 152 valence electrons. The number of hydrogen-bond acceptors (Lipinski definition) is 2. The minimum atomic E-state index is 0.860. The Balaban J connectivity index is 1.64. The first-order valence-electron chi connectivity index (χ1n) is 10.8. The third-order valence-electron chi connectivity index (χ3n) is 5.76. The van der Waals surface area contributed by atoms with Crippen LogP contribution in [0.2, 0.25) is 0 Å². The van der Waals surface area contributed by atoms with Gasteiger partial charge in [-0.2, -0.15) is 0 Å². The van der Waals surface area contributed by atoms with Crippen molar-refractivity contribution in [3.63, 3.8) is 0 Å². The van der Waals surface area contributed by atoms with E-state index in [9.17, 15) is 0 Å². The van der Waals surface area contributed by atoms with Crippen molar-refractivity contribution in [3.05, 3.63) is 133 Å². The van der Waals surface area contributed by atoms with Crippen LogP contribution in [0, 0.1) is 6.20 Å². The van der Waals surface area contributed by atoms with Gasteiger partial charge in [0.25, 0.3) is 0 Å². The van der Waals surface area contributed by atoms with Crippen LogP contribution < -0.4 is 9.47 Å². The summed E-state index contributed by atoms with van der Waals surface area (Å²) < 4.78 is 2.06. The van der Waals surface area contributed by atoms with Gasteiger partial charge in [-0.25, -0.2) is 4.98 Å². The van der Waals surface area contributed by atoms with Crippen molar-refractivity contribution < 1.29 is 4.57 Å². The van der Waals surface area contributed by atoms with Crippen LogP contribution in [0.15, 0.2) is 115 Å². The summed E-state index contributed by atoms with van der Waals surface area (Å²) in [6.07, 6.45) is 6.49. The number of benzene rings is 3. The van der Waals surface area contributed by atoms with Crippen molar-refractivity contribution in [2.24, 2.45) is 0 Å². The molecule has 0 saturated carbocycles. The number of anilines is 3. The second-order valence-corrected chi connectivity index (χ2v) is 7.97. The quantitative estimate of drug-likeness (QED) is 0.237. The minimum absolute atomic E-state index is 0.860. The molecule has 3 nitrogen and oxygen atoms in total. The number of pyridine rings is 2. The van der Waals surface area contributed by atoms with Crippen LogP contribution in [0.4, 0.5) is 17.2 Å². The molecule has 6 rings (SSSR count). The number of hydrogen-bond donors (Lipinski definition) is 0. The lowest BCUT2D eigenvalue weighted by Crippen LogP contribution is -2.31. The van der Waals surface area contributed by atoms with Crippen LogP contribution in [0.3, 0.4) is 0 Å². The number of aromatic nitrogens is 2. The summed E-state index contributed by atoms with van der Waals surface area (Å²) in [6.45, 7) is 0. The fraction of sp³-hybridized carbons (Fsp3) is 0.0345. The van der Waals surface area contributed by atoms with Gasteiger partial charge in [0.2, 0.25) is 0 Å². The average molecular weight is 412 g/mol. The Labute approximate surface area is 187 Å². The van der Waals surface area contributed by atoms with Gasteiger partial charge in [0.1, 0.15) is 11.5 Å². The third-order valence-corrected chi connectivity index (χ3v) is 5.76. The number of nitrogens with zero attached hydrogens (tertiary/aromatic N) is 3. The van der Waals surface area contributed by atoms with Crippen LogP contribution in [0.5, 0.6) is 0 Å². The molecule has 0 spiro atoms. The van der Waals surface area contributed by atoms with Crippen molar-refractivity contribution >= 4 is 17.2 Å². The summed E-state index contributed by atoms with van der Waals surface area (Å²) in [4.78, 5) is 7.22. The van der Waals surface area contributed by atoms with Crippen molar-refractivity contribution in [2.75, 3.05) is 4.90 Å². The molecule has 0 radical (unpaired) electrons. The fourth-order valence-corrected chi connectivity index (χ4v) is 4.27. The van der Waals surface area contributed by atoms with Crippen LogP contribution in [0.25, 0.3) is 16.9 Å². The van der Waals surface area contributed by atoms with Gasteiger partial charge in [0, 0.05) is 16.9 Å². The first-order chi connectivity index (χ1) is 15.8. The van der Waals surface area contributed by atoms with E-state index < -0.39 is 0 Å². The maximum Gasteiger partial charge on any atom is 0.178 e. The van der Waals surface area contributed by atoms with E-state index in [0.717, 1.165) is 40.6 Å². The Morgan fingerprint density at radius 2 is 1.53 bits per heavy atom. The van der Waals surface area contributed by atoms with Crippen molar-refractivity contribution in [2.45, 2.75) is 6.42 Å². The van der Waals surface area contributed by atoms with Gasteiger partial charge in [0.15, 0.2) is 6.20 Å². The van der Waals surface area contributed by atoms with E-state index in [1.807, 2.05) is 12.3 Å². The normalized spacial score (nSPS) is 12.2. The Morgan fingerprint density at radius 3 is 2.44 bits per heavy atom. The lowest BCUT2D eigenvalue weighted by molar-refractivity contribution is -0.599. The topological polar surface area (TPSA) is 20.0 Å². The zero-order chi connectivity index (χ0) is 21.3. The Morgan fingerprint density at radius 1 is 0.719 bits per heavy atom. The molecule has 0 fully saturated rings. The van der Waals surface area contributed by atoms with Gasteiger partial charge >= 0.3 is 0 Å². The van der Waals surface area contributed by atoms with E-state index in [-0.39, 0.29) is 0 Å². The molecule has 0 atom stereocenters. The first kappa shape index (κ1) is 18.5. The van der Waals surface area contributed by atoms with E-state index in [1.165, 1.54) is 11.1 Å². The van der Waals surface area contributed by atoms with Gasteiger partial charge in [-0.1, -0.05) is 60.7 Å². The van der Waals surface area contributed by atoms with Gasteiger partial charge in [0.05, 0.1) is 11.9 Å². The number of para-hydroxylation sites is 1. The fourth-order valence-electron chi connectivity index (χ4n) is 4.27. The molecule has 3 heterocycles. The van der Waals surface area contributed by atoms with Gasteiger partial charge in [-0.05, 0) is 60.0 Å². The molecule has 5 aromatic rings. The van der Waals surface area contributed by atoms with E-state index in [0.29, 0.717) is 0 Å². The standard InChI is InChI=1S/C29H21N3/c1-2-11-25(12-3-1)32-27-14-7-17-31(21-27)26-13-5-9-23(20-26)18-22-8-4-10-24(19-22)28-15-6-16-29(32)30-28/h1-17,19-20H,18H2. The van der Waals surface area contributed by atoms with E-state index in [2.05, 4.69) is 119 Å². The molecule has 3 heteroatoms. The van der Waals surface area contributed by atoms with Crippen LogP contribution in [-0.2, 0) is 6.42 Å². The summed E-state index contributed by atoms with van der Waals surface area (Å²) in [5, 5.41) is 0. The number of fused-ring (bicyclic) bond motifs is 10. The predicted octanol–water partition coefficient (Wildman–Crippen LogP) is 6.20. The lowest BCUT2D eigenvalue weighted by atomic mass is 10.0. The average Bonchev–Trinajstić information content (AvgIpc) is 2.85. The highest BCUT2D eigenvalue weighted by molar-refractivity contribution is 5.75. The molecular weight excluding hydrogens is 390 g/mol. The van der Waals surface area contributed by atoms with Crippen molar-refractivity contribution in [1.82, 2.24) is 4.98 Å². The molecule has 0 N–H and O–H groups in total. The highest BCUT2D eigenvalue weighted by Gasteiger charge is 2.16. The van der Waals surface area contributed by atoms with Gasteiger partial charge in [-0.3, -0.25) is 4.57 Å². The molecule has 0 unspecified atom stereocenters. The highest BCUT2D eigenvalue weighted by Crippen LogP contribution is 2.33. The molecule has 0 saturated heterocycles. The Hall–Kier alpha value is -4.24.